The van der Waals surface area contributed by atoms with Crippen molar-refractivity contribution in [2.24, 2.45) is 43.6 Å². The van der Waals surface area contributed by atoms with Crippen molar-refractivity contribution in [2.75, 3.05) is 0 Å². The predicted molar refractivity (Wildman–Crippen MR) is 513 cm³/mol. The molecule has 18 nitrogen and oxygen atoms in total. The molecule has 22 heteroatoms. The molecule has 4 aliphatic heterocycles. The minimum absolute atomic E-state index is 0.0775. The second kappa shape index (κ2) is 36.5. The van der Waals surface area contributed by atoms with Crippen molar-refractivity contribution in [3.05, 3.63) is 277 Å². The molecule has 0 amide bonds. The second-order valence-corrected chi connectivity index (χ2v) is 37.4. The van der Waals surface area contributed by atoms with Crippen LogP contribution in [-0.4, -0.2) is 80.9 Å². The first-order valence-corrected chi connectivity index (χ1v) is 45.3. The van der Waals surface area contributed by atoms with E-state index >= 15 is 0 Å². The number of nitro groups is 1. The van der Waals surface area contributed by atoms with Gasteiger partial charge in [-0.2, -0.15) is 22.8 Å². The van der Waals surface area contributed by atoms with Crippen LogP contribution in [0, 0.1) is 45.1 Å². The van der Waals surface area contributed by atoms with Crippen LogP contribution >= 0.6 is 0 Å². The zero-order valence-corrected chi connectivity index (χ0v) is 76.4. The van der Waals surface area contributed by atoms with Crippen LogP contribution in [0.1, 0.15) is 234 Å². The van der Waals surface area contributed by atoms with Crippen LogP contribution < -0.4 is 9.47 Å². The summed E-state index contributed by atoms with van der Waals surface area (Å²) in [6.07, 6.45) is 14.4. The number of hydrogen-bond donors (Lipinski definition) is 4. The number of fused-ring (bicyclic) bond motifs is 8. The van der Waals surface area contributed by atoms with Crippen LogP contribution in [0.25, 0.3) is 112 Å². The molecule has 0 atom stereocenters. The van der Waals surface area contributed by atoms with Gasteiger partial charge in [0.2, 0.25) is 0 Å². The lowest BCUT2D eigenvalue weighted by Gasteiger charge is -2.14. The smallest absolute Gasteiger partial charge is 0.387 e. The molecular weight excluding hydrogens is 1630 g/mol. The van der Waals surface area contributed by atoms with Gasteiger partial charge < -0.3 is 29.4 Å². The van der Waals surface area contributed by atoms with Crippen LogP contribution in [0.15, 0.2) is 213 Å². The molecule has 8 aromatic carbocycles. The minimum atomic E-state index is -2.91. The molecule has 0 unspecified atom stereocenters. The number of nitrogens with one attached hydrogen (secondary N) is 4. The Bertz CT molecular complexity index is 6810. The van der Waals surface area contributed by atoms with Gasteiger partial charge in [-0.05, 0) is 171 Å². The minimum Gasteiger partial charge on any atom is -0.434 e. The zero-order valence-electron chi connectivity index (χ0n) is 76.4. The number of nitriles is 1. The number of benzene rings is 8. The summed E-state index contributed by atoms with van der Waals surface area (Å²) >= 11 is 0. The van der Waals surface area contributed by atoms with E-state index in [-0.39, 0.29) is 39.9 Å². The third kappa shape index (κ3) is 18.1. The van der Waals surface area contributed by atoms with Gasteiger partial charge in [-0.15, -0.1) is 0 Å². The summed E-state index contributed by atoms with van der Waals surface area (Å²) in [5, 5.41) is 21.3. The molecule has 4 N–H and O–H groups in total. The van der Waals surface area contributed by atoms with Gasteiger partial charge in [-0.1, -0.05) is 214 Å². The third-order valence-electron chi connectivity index (χ3n) is 25.8. The SMILES string of the molecule is CC(C)C1=NC2=C(C1)c1ccc(-c3ccc(-c4cnc(C(C)C)[nH]4)c(CC#N)c3)cc1C2.CC(C)C1=NC2=C(C1)c1ccc(-c3ccc(-c4cnc(C(C)C)[nH]4)c(OC(F)F)c3)cc1C2.CC(C)C1=NC2=C(C1)c1ccc(-c3ccc(-c4cnc(C(C)C)[nH]4)c([N+](=O)[O-])c3)cc1C2.CC(C)C1=NC2=C(C1)c1ccc(-c3ccc(-c4cnc(C(C)C)[nH]4)cc3OC(F)F)cc1C2. The van der Waals surface area contributed by atoms with Crippen molar-refractivity contribution in [2.45, 2.75) is 205 Å². The Morgan fingerprint density at radius 3 is 0.985 bits per heavy atom. The molecule has 0 fully saturated rings. The number of nitrogens with zero attached hydrogens (tertiary/aromatic N) is 10. The number of H-pyrrole nitrogens is 4. The Morgan fingerprint density at radius 2 is 0.623 bits per heavy atom. The normalized spacial score (nSPS) is 14.9. The number of aromatic amines is 4. The lowest BCUT2D eigenvalue weighted by molar-refractivity contribution is -0.384. The number of rotatable bonds is 22. The summed E-state index contributed by atoms with van der Waals surface area (Å²) in [6.45, 7) is 28.2. The van der Waals surface area contributed by atoms with E-state index in [9.17, 15) is 32.9 Å². The number of nitro benzene ring substituents is 1. The number of halogens is 4. The van der Waals surface area contributed by atoms with E-state index in [4.69, 9.17) is 29.4 Å². The summed E-state index contributed by atoms with van der Waals surface area (Å²) in [5.74, 6) is 6.63. The molecule has 12 aromatic rings. The first-order valence-electron chi connectivity index (χ1n) is 45.3. The topological polar surface area (TPSA) is 250 Å². The van der Waals surface area contributed by atoms with Crippen molar-refractivity contribution >= 4 is 50.8 Å². The Hall–Kier alpha value is -13.6. The van der Waals surface area contributed by atoms with E-state index in [0.29, 0.717) is 64.1 Å². The van der Waals surface area contributed by atoms with Crippen LogP contribution in [0.2, 0.25) is 0 Å². The largest absolute Gasteiger partial charge is 0.434 e. The predicted octanol–water partition coefficient (Wildman–Crippen LogP) is 27.7. The second-order valence-electron chi connectivity index (χ2n) is 37.4. The van der Waals surface area contributed by atoms with Gasteiger partial charge in [0.25, 0.3) is 5.69 Å². The molecule has 130 heavy (non-hydrogen) atoms. The standard InChI is InChI=1S/C28H28N4.2C27H27F2N3O.C26H26N4O2/c1-16(2)25-14-24-22-7-5-19(12-21(22)13-26(24)31-25)18-6-8-23(20(11-18)9-10-29)27-15-30-28(32-27)17(3)4;1-14(2)22-12-21-19-7-5-16(9-18(19)10-23(21)31-22)20-8-6-17(11-25(20)33-27(28)29)24-13-30-26(32-24)15(3)4;1-14(2)22-12-21-19-7-5-16(9-18(19)10-23(21)31-22)17-6-8-20(25(11-17)33-27(28)29)24-13-30-26(32-24)15(3)4;1-14(2)22-12-21-19-7-5-16(9-18(19)10-23(21)28-22)17-6-8-20(25(11-17)30(31)32)24-13-27-26(29-24)15(3)4/h5-8,11-12,15-17H,9,13-14H2,1-4H3,(H,30,32);2*5-9,11,13-15,27H,10,12H2,1-4H3,(H,30,32);5-9,11,13-15H,10,12H2,1-4H3,(H,27,29). The lowest BCUT2D eigenvalue weighted by atomic mass is 9.92. The number of ether oxygens (including phenoxy) is 2. The van der Waals surface area contributed by atoms with Gasteiger partial charge in [0.15, 0.2) is 0 Å². The van der Waals surface area contributed by atoms with E-state index in [2.05, 4.69) is 200 Å². The summed E-state index contributed by atoms with van der Waals surface area (Å²) in [5.41, 5.74) is 39.9. The van der Waals surface area contributed by atoms with Crippen LogP contribution in [0.5, 0.6) is 11.5 Å². The molecule has 4 aromatic heterocycles. The van der Waals surface area contributed by atoms with Crippen molar-refractivity contribution in [1.29, 1.82) is 5.26 Å². The zero-order chi connectivity index (χ0) is 91.5. The summed E-state index contributed by atoms with van der Waals surface area (Å²) < 4.78 is 62.8. The molecule has 0 bridgehead atoms. The van der Waals surface area contributed by atoms with Gasteiger partial charge in [-0.25, -0.2) is 19.9 Å². The highest BCUT2D eigenvalue weighted by Crippen LogP contribution is 2.50. The Kier molecular flexibility index (Phi) is 24.9. The van der Waals surface area contributed by atoms with Crippen LogP contribution in [-0.2, 0) is 32.1 Å². The van der Waals surface area contributed by atoms with Gasteiger partial charge in [0.1, 0.15) is 34.8 Å². The maximum Gasteiger partial charge on any atom is 0.387 e. The number of alkyl halides is 4. The number of aromatic nitrogens is 8. The summed E-state index contributed by atoms with van der Waals surface area (Å²) in [7, 11) is 0. The average molecular weight is 1740 g/mol. The fourth-order valence-corrected chi connectivity index (χ4v) is 18.4. The molecule has 0 radical (unpaired) electrons. The third-order valence-corrected chi connectivity index (χ3v) is 25.8. The van der Waals surface area contributed by atoms with Gasteiger partial charge in [0, 0.05) is 149 Å². The molecule has 0 saturated carbocycles. The number of imidazole rings is 4. The number of allylic oxidation sites excluding steroid dienone is 8. The van der Waals surface area contributed by atoms with Crippen LogP contribution in [0.4, 0.5) is 23.2 Å². The van der Waals surface area contributed by atoms with E-state index < -0.39 is 13.2 Å². The highest BCUT2D eigenvalue weighted by molar-refractivity contribution is 6.06. The van der Waals surface area contributed by atoms with Crippen LogP contribution in [0.3, 0.4) is 0 Å². The maximum absolute atomic E-state index is 13.3. The Labute approximate surface area is 756 Å². The molecular formula is C108H108F4N14O4. The number of aliphatic imine (C=N–C) groups is 4. The molecule has 662 valence electrons. The average Bonchev–Trinajstić information content (AvgIpc) is 1.63. The van der Waals surface area contributed by atoms with Crippen molar-refractivity contribution < 1.29 is 32.0 Å². The first-order chi connectivity index (χ1) is 62.3. The molecule has 0 spiro atoms. The first kappa shape index (κ1) is 88.5. The monoisotopic (exact) mass is 1740 g/mol. The highest BCUT2D eigenvalue weighted by Gasteiger charge is 2.35. The molecule has 8 aliphatic rings. The van der Waals surface area contributed by atoms with E-state index in [1.165, 1.54) is 112 Å². The van der Waals surface area contributed by atoms with Gasteiger partial charge in [0.05, 0.1) is 70.5 Å². The fourth-order valence-electron chi connectivity index (χ4n) is 18.4. The van der Waals surface area contributed by atoms with E-state index in [0.717, 1.165) is 142 Å². The number of hydrogen-bond acceptors (Lipinski definition) is 13. The quantitative estimate of drug-likeness (QED) is 0.0286. The summed E-state index contributed by atoms with van der Waals surface area (Å²) in [6, 6.07) is 50.7. The molecule has 20 rings (SSSR count). The van der Waals surface area contributed by atoms with E-state index in [1.807, 2.05) is 90.2 Å². The van der Waals surface area contributed by atoms with E-state index in [1.54, 1.807) is 36.8 Å². The van der Waals surface area contributed by atoms with Crippen molar-refractivity contribution in [3.8, 4) is 107 Å². The molecule has 4 aliphatic carbocycles. The summed E-state index contributed by atoms with van der Waals surface area (Å²) in [4.78, 5) is 61.8. The highest BCUT2D eigenvalue weighted by atomic mass is 19.3. The van der Waals surface area contributed by atoms with Gasteiger partial charge in [-0.3, -0.25) is 30.1 Å². The van der Waals surface area contributed by atoms with Gasteiger partial charge >= 0.3 is 13.2 Å². The molecule has 0 saturated heterocycles. The fraction of sp³-hybridized carbons (Fsp3) is 0.324. The Balaban J connectivity index is 0.000000121. The molecule has 8 heterocycles. The van der Waals surface area contributed by atoms with Crippen molar-refractivity contribution in [3.63, 3.8) is 0 Å². The van der Waals surface area contributed by atoms with Crippen molar-refractivity contribution in [1.82, 2.24) is 39.9 Å². The maximum atomic E-state index is 13.3. The lowest BCUT2D eigenvalue weighted by Crippen LogP contribution is -2.05. The Morgan fingerprint density at radius 1 is 0.338 bits per heavy atom.